The van der Waals surface area contributed by atoms with E-state index in [1.54, 1.807) is 12.1 Å². The molecule has 0 saturated carbocycles. The Bertz CT molecular complexity index is 1260. The molecule has 0 atom stereocenters. The van der Waals surface area contributed by atoms with E-state index in [0.29, 0.717) is 39.3 Å². The van der Waals surface area contributed by atoms with Gasteiger partial charge in [0.25, 0.3) is 11.4 Å². The SMILES string of the molecule is CSc1[nH]n2c(=O)cc(CCl)nc2c1-c1nc(-c2ccc3c(c2)OCO3)no1. The molecule has 1 aromatic carbocycles. The minimum Gasteiger partial charge on any atom is -0.454 e. The molecule has 9 nitrogen and oxygen atoms in total. The monoisotopic (exact) mass is 417 g/mol. The molecule has 0 bridgehead atoms. The largest absolute Gasteiger partial charge is 0.454 e. The topological polar surface area (TPSA) is 108 Å². The highest BCUT2D eigenvalue weighted by molar-refractivity contribution is 7.98. The van der Waals surface area contributed by atoms with Gasteiger partial charge in [0, 0.05) is 11.6 Å². The number of fused-ring (bicyclic) bond motifs is 2. The molecule has 1 aliphatic rings. The van der Waals surface area contributed by atoms with Crippen molar-refractivity contribution in [3.8, 4) is 34.3 Å². The zero-order valence-electron chi connectivity index (χ0n) is 14.4. The van der Waals surface area contributed by atoms with Gasteiger partial charge in [0.15, 0.2) is 17.1 Å². The van der Waals surface area contributed by atoms with Gasteiger partial charge in [-0.3, -0.25) is 9.89 Å². The van der Waals surface area contributed by atoms with Gasteiger partial charge in [-0.05, 0) is 24.5 Å². The van der Waals surface area contributed by atoms with Crippen LogP contribution in [-0.2, 0) is 5.88 Å². The van der Waals surface area contributed by atoms with Crippen molar-refractivity contribution in [2.24, 2.45) is 0 Å². The molecule has 0 fully saturated rings. The van der Waals surface area contributed by atoms with Crippen molar-refractivity contribution in [3.05, 3.63) is 40.3 Å². The van der Waals surface area contributed by atoms with Crippen molar-refractivity contribution < 1.29 is 14.0 Å². The number of nitrogens with zero attached hydrogens (tertiary/aromatic N) is 4. The number of H-pyrrole nitrogens is 1. The highest BCUT2D eigenvalue weighted by Gasteiger charge is 2.23. The van der Waals surface area contributed by atoms with Crippen LogP contribution in [0.1, 0.15) is 5.69 Å². The van der Waals surface area contributed by atoms with Crippen LogP contribution in [0.5, 0.6) is 11.5 Å². The number of hydrogen-bond donors (Lipinski definition) is 1. The highest BCUT2D eigenvalue weighted by Crippen LogP contribution is 2.36. The van der Waals surface area contributed by atoms with Gasteiger partial charge in [-0.25, -0.2) is 4.98 Å². The lowest BCUT2D eigenvalue weighted by Gasteiger charge is -1.98. The smallest absolute Gasteiger partial charge is 0.272 e. The fourth-order valence-corrected chi connectivity index (χ4v) is 3.65. The van der Waals surface area contributed by atoms with E-state index in [-0.39, 0.29) is 24.1 Å². The molecule has 1 N–H and O–H groups in total. The average Bonchev–Trinajstić information content (AvgIpc) is 3.44. The Kier molecular flexibility index (Phi) is 4.02. The van der Waals surface area contributed by atoms with E-state index in [1.807, 2.05) is 12.3 Å². The van der Waals surface area contributed by atoms with Crippen LogP contribution >= 0.6 is 23.4 Å². The molecule has 0 radical (unpaired) electrons. The number of thioether (sulfide) groups is 1. The Hall–Kier alpha value is -2.98. The summed E-state index contributed by atoms with van der Waals surface area (Å²) in [4.78, 5) is 21.3. The van der Waals surface area contributed by atoms with E-state index in [9.17, 15) is 4.79 Å². The minimum atomic E-state index is -0.266. The first-order chi connectivity index (χ1) is 13.7. The van der Waals surface area contributed by atoms with E-state index in [2.05, 4.69) is 20.2 Å². The van der Waals surface area contributed by atoms with Gasteiger partial charge >= 0.3 is 0 Å². The van der Waals surface area contributed by atoms with Crippen LogP contribution in [0.4, 0.5) is 0 Å². The summed E-state index contributed by atoms with van der Waals surface area (Å²) < 4.78 is 17.5. The van der Waals surface area contributed by atoms with Gasteiger partial charge in [-0.15, -0.1) is 23.4 Å². The Morgan fingerprint density at radius 3 is 2.93 bits per heavy atom. The number of rotatable bonds is 4. The molecule has 0 unspecified atom stereocenters. The molecule has 1 aliphatic heterocycles. The molecule has 0 saturated heterocycles. The summed E-state index contributed by atoms with van der Waals surface area (Å²) in [5, 5.41) is 7.76. The number of hydrogen-bond acceptors (Lipinski definition) is 8. The second-order valence-electron chi connectivity index (χ2n) is 5.89. The van der Waals surface area contributed by atoms with Crippen molar-refractivity contribution in [2.75, 3.05) is 13.0 Å². The number of alkyl halides is 1. The van der Waals surface area contributed by atoms with Crippen LogP contribution in [0.2, 0.25) is 0 Å². The summed E-state index contributed by atoms with van der Waals surface area (Å²) in [6.45, 7) is 0.187. The zero-order chi connectivity index (χ0) is 19.3. The van der Waals surface area contributed by atoms with Crippen molar-refractivity contribution in [2.45, 2.75) is 10.9 Å². The number of aromatic nitrogens is 5. The first-order valence-corrected chi connectivity index (χ1v) is 9.92. The molecule has 4 aromatic rings. The second-order valence-corrected chi connectivity index (χ2v) is 6.97. The number of benzene rings is 1. The molecular weight excluding hydrogens is 406 g/mol. The fourth-order valence-electron chi connectivity index (χ4n) is 2.95. The van der Waals surface area contributed by atoms with Gasteiger partial charge in [0.1, 0.15) is 10.6 Å². The summed E-state index contributed by atoms with van der Waals surface area (Å²) in [5.74, 6) is 2.05. The first kappa shape index (κ1) is 17.1. The van der Waals surface area contributed by atoms with Crippen LogP contribution in [0, 0.1) is 0 Å². The van der Waals surface area contributed by atoms with Crippen molar-refractivity contribution in [1.82, 2.24) is 24.7 Å². The fraction of sp³-hybridized carbons (Fsp3) is 0.176. The van der Waals surface area contributed by atoms with Crippen LogP contribution in [0.3, 0.4) is 0 Å². The quantitative estimate of drug-likeness (QED) is 0.399. The van der Waals surface area contributed by atoms with E-state index < -0.39 is 0 Å². The first-order valence-electron chi connectivity index (χ1n) is 8.16. The maximum Gasteiger partial charge on any atom is 0.272 e. The maximum atomic E-state index is 12.3. The number of ether oxygens (including phenoxy) is 2. The van der Waals surface area contributed by atoms with Gasteiger partial charge in [0.05, 0.1) is 11.6 Å². The predicted octanol–water partition coefficient (Wildman–Crippen LogP) is 2.93. The Labute approximate surface area is 166 Å². The summed E-state index contributed by atoms with van der Waals surface area (Å²) >= 11 is 7.28. The third-order valence-electron chi connectivity index (χ3n) is 4.25. The molecule has 4 heterocycles. The van der Waals surface area contributed by atoms with Crippen LogP contribution < -0.4 is 15.0 Å². The molecule has 142 valence electrons. The summed E-state index contributed by atoms with van der Waals surface area (Å²) in [5.41, 5.74) is 1.86. The predicted molar refractivity (Wildman–Crippen MR) is 102 cm³/mol. The van der Waals surface area contributed by atoms with Crippen LogP contribution in [0.25, 0.3) is 28.5 Å². The molecule has 3 aromatic heterocycles. The molecule has 11 heteroatoms. The molecule has 28 heavy (non-hydrogen) atoms. The molecule has 0 aliphatic carbocycles. The van der Waals surface area contributed by atoms with E-state index in [1.165, 1.54) is 22.3 Å². The summed E-state index contributed by atoms with van der Waals surface area (Å²) in [7, 11) is 0. The molecule has 5 rings (SSSR count). The third-order valence-corrected chi connectivity index (χ3v) is 5.22. The van der Waals surface area contributed by atoms with Gasteiger partial charge in [-0.1, -0.05) is 5.16 Å². The summed E-state index contributed by atoms with van der Waals surface area (Å²) in [6, 6.07) is 6.79. The van der Waals surface area contributed by atoms with Crippen molar-refractivity contribution in [1.29, 1.82) is 0 Å². The average molecular weight is 418 g/mol. The van der Waals surface area contributed by atoms with E-state index in [0.717, 1.165) is 5.56 Å². The summed E-state index contributed by atoms with van der Waals surface area (Å²) in [6.07, 6.45) is 1.87. The Balaban J connectivity index is 1.65. The Morgan fingerprint density at radius 2 is 2.11 bits per heavy atom. The van der Waals surface area contributed by atoms with Crippen LogP contribution in [-0.4, -0.2) is 37.8 Å². The van der Waals surface area contributed by atoms with Crippen LogP contribution in [0.15, 0.2) is 38.6 Å². The number of nitrogens with one attached hydrogen (secondary N) is 1. The lowest BCUT2D eigenvalue weighted by atomic mass is 10.2. The van der Waals surface area contributed by atoms with Gasteiger partial charge in [0.2, 0.25) is 12.6 Å². The number of halogens is 1. The van der Waals surface area contributed by atoms with E-state index >= 15 is 0 Å². The molecule has 0 amide bonds. The molecule has 0 spiro atoms. The lowest BCUT2D eigenvalue weighted by Crippen LogP contribution is -2.15. The normalized spacial score (nSPS) is 12.8. The van der Waals surface area contributed by atoms with Crippen molar-refractivity contribution in [3.63, 3.8) is 0 Å². The zero-order valence-corrected chi connectivity index (χ0v) is 16.0. The highest BCUT2D eigenvalue weighted by atomic mass is 35.5. The minimum absolute atomic E-state index is 0.122. The Morgan fingerprint density at radius 1 is 1.25 bits per heavy atom. The van der Waals surface area contributed by atoms with E-state index in [4.69, 9.17) is 25.6 Å². The third kappa shape index (κ3) is 2.64. The second kappa shape index (κ2) is 6.57. The van der Waals surface area contributed by atoms with Gasteiger partial charge in [-0.2, -0.15) is 9.50 Å². The standard InChI is InChI=1S/C17H12ClN5O4S/c1-28-17-13(15-19-9(6-18)5-12(24)23(15)21-17)16-20-14(22-27-16)8-2-3-10-11(4-8)26-7-25-10/h2-5,21H,6-7H2,1H3. The van der Waals surface area contributed by atoms with Crippen molar-refractivity contribution >= 4 is 29.0 Å². The van der Waals surface area contributed by atoms with Gasteiger partial charge < -0.3 is 14.0 Å². The maximum absolute atomic E-state index is 12.3. The molecular formula is C17H12ClN5O4S. The number of aromatic amines is 1. The lowest BCUT2D eigenvalue weighted by molar-refractivity contribution is 0.174.